The second kappa shape index (κ2) is 4.95. The highest BCUT2D eigenvalue weighted by molar-refractivity contribution is 5.14. The van der Waals surface area contributed by atoms with Gasteiger partial charge < -0.3 is 4.74 Å². The fourth-order valence-electron chi connectivity index (χ4n) is 7.15. The van der Waals surface area contributed by atoms with Gasteiger partial charge in [-0.25, -0.2) is 0 Å². The topological polar surface area (TPSA) is 15.7 Å². The Bertz CT molecular complexity index is 492. The van der Waals surface area contributed by atoms with Crippen molar-refractivity contribution >= 4 is 0 Å². The van der Waals surface area contributed by atoms with Crippen molar-refractivity contribution in [2.45, 2.75) is 89.8 Å². The molecule has 1 saturated carbocycles. The summed E-state index contributed by atoms with van der Waals surface area (Å²) in [5, 5.41) is 0. The Balaban J connectivity index is 1.48. The van der Waals surface area contributed by atoms with E-state index >= 15 is 0 Å². The first kappa shape index (κ1) is 15.2. The minimum atomic E-state index is 0.313. The van der Waals surface area contributed by atoms with E-state index in [9.17, 15) is 0 Å². The van der Waals surface area contributed by atoms with Crippen LogP contribution < -0.4 is 0 Å². The molecule has 3 heteroatoms. The molecule has 0 aromatic rings. The molecule has 0 spiro atoms. The van der Waals surface area contributed by atoms with E-state index in [0.29, 0.717) is 23.9 Å². The van der Waals surface area contributed by atoms with Gasteiger partial charge in [0.05, 0.1) is 12.1 Å². The van der Waals surface area contributed by atoms with Gasteiger partial charge in [0.1, 0.15) is 6.23 Å². The van der Waals surface area contributed by atoms with Gasteiger partial charge in [0, 0.05) is 24.0 Å². The Labute approximate surface area is 141 Å². The monoisotopic (exact) mass is 318 g/mol. The molecule has 0 N–H and O–H groups in total. The van der Waals surface area contributed by atoms with Crippen molar-refractivity contribution < 1.29 is 4.74 Å². The van der Waals surface area contributed by atoms with Crippen LogP contribution in [0.4, 0.5) is 0 Å². The van der Waals surface area contributed by atoms with Crippen LogP contribution in [0, 0.1) is 23.7 Å². The van der Waals surface area contributed by atoms with E-state index < -0.39 is 0 Å². The number of rotatable bonds is 0. The summed E-state index contributed by atoms with van der Waals surface area (Å²) in [6.45, 7) is 12.6. The molecule has 130 valence electrons. The van der Waals surface area contributed by atoms with Gasteiger partial charge in [0.15, 0.2) is 0 Å². The van der Waals surface area contributed by atoms with Crippen molar-refractivity contribution in [2.75, 3.05) is 13.1 Å². The zero-order valence-electron chi connectivity index (χ0n) is 15.4. The Hall–Kier alpha value is -0.120. The molecule has 0 aromatic carbocycles. The molecule has 0 bridgehead atoms. The number of hydrogen-bond acceptors (Lipinski definition) is 3. The van der Waals surface area contributed by atoms with E-state index in [1.165, 1.54) is 45.2 Å². The van der Waals surface area contributed by atoms with Crippen LogP contribution in [-0.4, -0.2) is 52.8 Å². The maximum absolute atomic E-state index is 6.88. The normalized spacial score (nSPS) is 55.3. The van der Waals surface area contributed by atoms with Gasteiger partial charge >= 0.3 is 0 Å². The summed E-state index contributed by atoms with van der Waals surface area (Å²) < 4.78 is 6.88. The van der Waals surface area contributed by atoms with Crippen LogP contribution in [0.3, 0.4) is 0 Å². The zero-order chi connectivity index (χ0) is 15.9. The molecule has 4 saturated heterocycles. The van der Waals surface area contributed by atoms with Crippen LogP contribution in [-0.2, 0) is 4.74 Å². The molecule has 4 heterocycles. The smallest absolute Gasteiger partial charge is 0.127 e. The van der Waals surface area contributed by atoms with Gasteiger partial charge in [-0.2, -0.15) is 0 Å². The number of hydrogen-bond donors (Lipinski definition) is 0. The lowest BCUT2D eigenvalue weighted by atomic mass is 9.70. The largest absolute Gasteiger partial charge is 0.358 e. The standard InChI is InChI=1S/C20H34N2O/c1-12-7-8-15-17(10-12)23-19-18-14(11-22(19)20(15,3)4)13(2)16-6-5-9-21(16)18/h12-19H,5-11H2,1-4H3/t12-,13+,14+,15-,16+,17-,18-,19+/m1/s1. The SMILES string of the molecule is C[C@@H]1CC[C@@H]2[C@@H](C1)O[C@H]1[C@H]3[C@@H](CN1C2(C)C)[C@H](C)[C@@H]1CCCN31. The molecule has 3 nitrogen and oxygen atoms in total. The third-order valence-corrected chi connectivity index (χ3v) is 8.47. The van der Waals surface area contributed by atoms with Crippen LogP contribution in [0.2, 0.25) is 0 Å². The van der Waals surface area contributed by atoms with E-state index in [1.807, 2.05) is 0 Å². The molecule has 0 radical (unpaired) electrons. The average molecular weight is 319 g/mol. The summed E-state index contributed by atoms with van der Waals surface area (Å²) in [6, 6.07) is 1.52. The third kappa shape index (κ3) is 1.93. The lowest BCUT2D eigenvalue weighted by Gasteiger charge is -2.56. The first-order valence-corrected chi connectivity index (χ1v) is 10.2. The Kier molecular flexibility index (Phi) is 3.27. The van der Waals surface area contributed by atoms with Gasteiger partial charge in [-0.3, -0.25) is 9.80 Å². The fraction of sp³-hybridized carbons (Fsp3) is 1.00. The highest BCUT2D eigenvalue weighted by Gasteiger charge is 2.63. The van der Waals surface area contributed by atoms with Crippen LogP contribution in [0.25, 0.3) is 0 Å². The maximum Gasteiger partial charge on any atom is 0.127 e. The van der Waals surface area contributed by atoms with E-state index in [1.54, 1.807) is 0 Å². The van der Waals surface area contributed by atoms with Crippen molar-refractivity contribution in [3.63, 3.8) is 0 Å². The zero-order valence-corrected chi connectivity index (χ0v) is 15.4. The minimum absolute atomic E-state index is 0.313. The molecule has 0 unspecified atom stereocenters. The van der Waals surface area contributed by atoms with E-state index in [4.69, 9.17) is 4.74 Å². The van der Waals surface area contributed by atoms with Gasteiger partial charge in [0.2, 0.25) is 0 Å². The van der Waals surface area contributed by atoms with Crippen molar-refractivity contribution in [3.05, 3.63) is 0 Å². The summed E-state index contributed by atoms with van der Waals surface area (Å²) in [5.41, 5.74) is 0.313. The summed E-state index contributed by atoms with van der Waals surface area (Å²) in [7, 11) is 0. The van der Waals surface area contributed by atoms with Gasteiger partial charge in [0.25, 0.3) is 0 Å². The second-order valence-electron chi connectivity index (χ2n) is 9.86. The van der Waals surface area contributed by atoms with Crippen molar-refractivity contribution in [3.8, 4) is 0 Å². The average Bonchev–Trinajstić information content (AvgIpc) is 3.14. The van der Waals surface area contributed by atoms with E-state index in [2.05, 4.69) is 37.5 Å². The molecular formula is C20H34N2O. The quantitative estimate of drug-likeness (QED) is 0.681. The third-order valence-electron chi connectivity index (χ3n) is 8.47. The Morgan fingerprint density at radius 2 is 1.91 bits per heavy atom. The number of nitrogens with zero attached hydrogens (tertiary/aromatic N) is 2. The lowest BCUT2D eigenvalue weighted by molar-refractivity contribution is -0.230. The van der Waals surface area contributed by atoms with Gasteiger partial charge in [-0.1, -0.05) is 20.3 Å². The first-order chi connectivity index (χ1) is 11.0. The molecule has 0 amide bonds. The molecule has 5 fully saturated rings. The highest BCUT2D eigenvalue weighted by Crippen LogP contribution is 2.54. The number of ether oxygens (including phenoxy) is 1. The predicted molar refractivity (Wildman–Crippen MR) is 92.1 cm³/mol. The van der Waals surface area contributed by atoms with Crippen molar-refractivity contribution in [2.24, 2.45) is 23.7 Å². The second-order valence-corrected chi connectivity index (χ2v) is 9.86. The summed E-state index contributed by atoms with van der Waals surface area (Å²) >= 11 is 0. The summed E-state index contributed by atoms with van der Waals surface area (Å²) in [6.07, 6.45) is 7.74. The maximum atomic E-state index is 6.88. The molecular weight excluding hydrogens is 284 g/mol. The first-order valence-electron chi connectivity index (χ1n) is 10.2. The van der Waals surface area contributed by atoms with Crippen LogP contribution in [0.5, 0.6) is 0 Å². The molecule has 0 aromatic heterocycles. The van der Waals surface area contributed by atoms with E-state index in [0.717, 1.165) is 29.7 Å². The minimum Gasteiger partial charge on any atom is -0.358 e. The molecule has 8 atom stereocenters. The lowest BCUT2D eigenvalue weighted by Crippen LogP contribution is -2.65. The van der Waals surface area contributed by atoms with Gasteiger partial charge in [-0.15, -0.1) is 0 Å². The molecule has 23 heavy (non-hydrogen) atoms. The molecule has 5 rings (SSSR count). The van der Waals surface area contributed by atoms with Gasteiger partial charge in [-0.05, 0) is 63.8 Å². The summed E-state index contributed by atoms with van der Waals surface area (Å²) in [4.78, 5) is 5.63. The van der Waals surface area contributed by atoms with Crippen molar-refractivity contribution in [1.29, 1.82) is 0 Å². The Morgan fingerprint density at radius 3 is 2.74 bits per heavy atom. The van der Waals surface area contributed by atoms with Crippen LogP contribution >= 0.6 is 0 Å². The fourth-order valence-corrected chi connectivity index (χ4v) is 7.15. The van der Waals surface area contributed by atoms with Crippen molar-refractivity contribution in [1.82, 2.24) is 9.80 Å². The predicted octanol–water partition coefficient (Wildman–Crippen LogP) is 3.34. The highest BCUT2D eigenvalue weighted by atomic mass is 16.5. The molecule has 1 aliphatic carbocycles. The Morgan fingerprint density at radius 1 is 1.09 bits per heavy atom. The van der Waals surface area contributed by atoms with Crippen LogP contribution in [0.15, 0.2) is 0 Å². The summed E-state index contributed by atoms with van der Waals surface area (Å²) in [5.74, 6) is 3.27. The van der Waals surface area contributed by atoms with E-state index in [-0.39, 0.29) is 0 Å². The number of fused-ring (bicyclic) bond motifs is 6. The van der Waals surface area contributed by atoms with Crippen LogP contribution in [0.1, 0.15) is 59.8 Å². The molecule has 4 aliphatic heterocycles. The molecule has 5 aliphatic rings.